The van der Waals surface area contributed by atoms with Gasteiger partial charge in [0.1, 0.15) is 6.26 Å². The fourth-order valence-corrected chi connectivity index (χ4v) is 2.39. The van der Waals surface area contributed by atoms with E-state index in [1.807, 2.05) is 0 Å². The summed E-state index contributed by atoms with van der Waals surface area (Å²) >= 11 is 4.33. The van der Waals surface area contributed by atoms with Crippen molar-refractivity contribution in [1.82, 2.24) is 4.98 Å². The van der Waals surface area contributed by atoms with Crippen LogP contribution < -0.4 is 0 Å². The molecule has 0 atom stereocenters. The minimum absolute atomic E-state index is 0.0280. The Balaban J connectivity index is 2.35. The molecule has 0 bridgehead atoms. The number of aryl methyl sites for hydroxylation is 1. The maximum Gasteiger partial charge on any atom is 0.284 e. The van der Waals surface area contributed by atoms with Gasteiger partial charge in [-0.2, -0.15) is 0 Å². The summed E-state index contributed by atoms with van der Waals surface area (Å²) in [7, 11) is 0. The average Bonchev–Trinajstić information content (AvgIpc) is 2.66. The van der Waals surface area contributed by atoms with Crippen LogP contribution in [0.4, 0.5) is 5.69 Å². The Morgan fingerprint density at radius 3 is 2.88 bits per heavy atom. The lowest BCUT2D eigenvalue weighted by atomic mass is 10.3. The molecule has 1 heterocycles. The van der Waals surface area contributed by atoms with Gasteiger partial charge in [-0.05, 0) is 30.8 Å². The van der Waals surface area contributed by atoms with Crippen molar-refractivity contribution in [2.75, 3.05) is 0 Å². The highest BCUT2D eigenvalue weighted by Crippen LogP contribution is 2.35. The van der Waals surface area contributed by atoms with Crippen LogP contribution in [0.5, 0.6) is 0 Å². The molecule has 0 fully saturated rings. The Morgan fingerprint density at radius 2 is 2.29 bits per heavy atom. The maximum absolute atomic E-state index is 10.9. The van der Waals surface area contributed by atoms with Crippen LogP contribution >= 0.6 is 27.7 Å². The Morgan fingerprint density at radius 1 is 1.53 bits per heavy atom. The van der Waals surface area contributed by atoms with Gasteiger partial charge < -0.3 is 4.42 Å². The molecule has 0 radical (unpaired) electrons. The number of hydrogen-bond donors (Lipinski definition) is 0. The highest BCUT2D eigenvalue weighted by molar-refractivity contribution is 9.10. The molecule has 0 aliphatic rings. The van der Waals surface area contributed by atoms with Crippen molar-refractivity contribution in [2.45, 2.75) is 17.0 Å². The lowest BCUT2D eigenvalue weighted by molar-refractivity contribution is -0.387. The van der Waals surface area contributed by atoms with Crippen LogP contribution in [0.25, 0.3) is 0 Å². The van der Waals surface area contributed by atoms with Crippen molar-refractivity contribution in [1.29, 1.82) is 0 Å². The minimum Gasteiger partial charge on any atom is -0.439 e. The van der Waals surface area contributed by atoms with E-state index in [0.717, 1.165) is 17.5 Å². The van der Waals surface area contributed by atoms with Gasteiger partial charge in [0.2, 0.25) is 0 Å². The summed E-state index contributed by atoms with van der Waals surface area (Å²) in [5.74, 6) is 0. The number of aromatic nitrogens is 1. The topological polar surface area (TPSA) is 69.2 Å². The number of hydrogen-bond acceptors (Lipinski definition) is 5. The molecule has 2 aromatic rings. The number of nitro benzene ring substituents is 1. The van der Waals surface area contributed by atoms with Gasteiger partial charge in [0.05, 0.1) is 15.5 Å². The quantitative estimate of drug-likeness (QED) is 0.636. The number of benzene rings is 1. The second-order valence-electron chi connectivity index (χ2n) is 3.23. The molecular weight excluding hydrogens is 308 g/mol. The molecule has 2 rings (SSSR count). The van der Waals surface area contributed by atoms with E-state index in [-0.39, 0.29) is 5.69 Å². The molecule has 1 aromatic carbocycles. The first-order valence-electron chi connectivity index (χ1n) is 4.60. The average molecular weight is 315 g/mol. The van der Waals surface area contributed by atoms with E-state index in [9.17, 15) is 10.1 Å². The molecule has 0 aliphatic heterocycles. The summed E-state index contributed by atoms with van der Waals surface area (Å²) in [5.41, 5.74) is 0.771. The van der Waals surface area contributed by atoms with Crippen LogP contribution in [-0.2, 0) is 0 Å². The second kappa shape index (κ2) is 4.89. The van der Waals surface area contributed by atoms with Gasteiger partial charge in [-0.3, -0.25) is 10.1 Å². The van der Waals surface area contributed by atoms with E-state index in [1.54, 1.807) is 19.1 Å². The third kappa shape index (κ3) is 2.86. The number of nitro groups is 1. The largest absolute Gasteiger partial charge is 0.439 e. The molecule has 0 aliphatic carbocycles. The van der Waals surface area contributed by atoms with Crippen molar-refractivity contribution in [3.8, 4) is 0 Å². The summed E-state index contributed by atoms with van der Waals surface area (Å²) < 4.78 is 5.81. The summed E-state index contributed by atoms with van der Waals surface area (Å²) in [4.78, 5) is 15.1. The highest BCUT2D eigenvalue weighted by atomic mass is 79.9. The predicted octanol–water partition coefficient (Wildman–Crippen LogP) is 3.80. The van der Waals surface area contributed by atoms with Gasteiger partial charge in [-0.15, -0.1) is 0 Å². The Kier molecular flexibility index (Phi) is 3.49. The molecule has 7 heteroatoms. The van der Waals surface area contributed by atoms with E-state index in [1.165, 1.54) is 12.3 Å². The fourth-order valence-electron chi connectivity index (χ4n) is 1.19. The van der Waals surface area contributed by atoms with Crippen molar-refractivity contribution >= 4 is 33.4 Å². The van der Waals surface area contributed by atoms with Crippen LogP contribution in [0.3, 0.4) is 0 Å². The van der Waals surface area contributed by atoms with Gasteiger partial charge in [-0.25, -0.2) is 4.98 Å². The molecule has 0 saturated carbocycles. The summed E-state index contributed by atoms with van der Waals surface area (Å²) in [5, 5.41) is 11.3. The third-order valence-electron chi connectivity index (χ3n) is 1.91. The van der Waals surface area contributed by atoms with Gasteiger partial charge in [0, 0.05) is 10.5 Å². The Hall–Kier alpha value is -1.34. The maximum atomic E-state index is 10.9. The van der Waals surface area contributed by atoms with Gasteiger partial charge in [-0.1, -0.05) is 15.9 Å². The normalized spacial score (nSPS) is 10.5. The minimum atomic E-state index is -0.428. The third-order valence-corrected chi connectivity index (χ3v) is 3.33. The molecule has 0 unspecified atom stereocenters. The van der Waals surface area contributed by atoms with Crippen LogP contribution in [0.2, 0.25) is 0 Å². The first-order valence-corrected chi connectivity index (χ1v) is 6.21. The first-order chi connectivity index (χ1) is 8.06. The van der Waals surface area contributed by atoms with E-state index < -0.39 is 4.92 Å². The van der Waals surface area contributed by atoms with E-state index in [2.05, 4.69) is 20.9 Å². The lowest BCUT2D eigenvalue weighted by Crippen LogP contribution is -1.90. The van der Waals surface area contributed by atoms with Crippen LogP contribution in [0.15, 0.2) is 43.5 Å². The number of oxazole rings is 1. The van der Waals surface area contributed by atoms with Crippen molar-refractivity contribution in [2.24, 2.45) is 0 Å². The zero-order valence-electron chi connectivity index (χ0n) is 8.71. The standard InChI is InChI=1S/C10H7BrN2O3S/c1-6-5-16-10(12-6)17-9-3-2-7(11)4-8(9)13(14)15/h2-5H,1H3. The zero-order valence-corrected chi connectivity index (χ0v) is 11.1. The van der Waals surface area contributed by atoms with Crippen molar-refractivity contribution in [3.63, 3.8) is 0 Å². The lowest BCUT2D eigenvalue weighted by Gasteiger charge is -2.00. The van der Waals surface area contributed by atoms with Gasteiger partial charge in [0.25, 0.3) is 10.9 Å². The molecular formula is C10H7BrN2O3S. The van der Waals surface area contributed by atoms with Gasteiger partial charge in [0.15, 0.2) is 0 Å². The van der Waals surface area contributed by atoms with Crippen LogP contribution in [-0.4, -0.2) is 9.91 Å². The molecule has 0 N–H and O–H groups in total. The molecule has 88 valence electrons. The molecule has 0 saturated heterocycles. The highest BCUT2D eigenvalue weighted by Gasteiger charge is 2.17. The molecule has 0 amide bonds. The molecule has 0 spiro atoms. The van der Waals surface area contributed by atoms with E-state index >= 15 is 0 Å². The monoisotopic (exact) mass is 314 g/mol. The second-order valence-corrected chi connectivity index (χ2v) is 5.13. The summed E-state index contributed by atoms with van der Waals surface area (Å²) in [6.45, 7) is 1.80. The Labute approximate surface area is 110 Å². The SMILES string of the molecule is Cc1coc(Sc2ccc(Br)cc2[N+](=O)[O-])n1. The van der Waals surface area contributed by atoms with Crippen molar-refractivity contribution < 1.29 is 9.34 Å². The van der Waals surface area contributed by atoms with E-state index in [0.29, 0.717) is 14.6 Å². The number of nitrogens with zero attached hydrogens (tertiary/aromatic N) is 2. The number of rotatable bonds is 3. The van der Waals surface area contributed by atoms with E-state index in [4.69, 9.17) is 4.42 Å². The first kappa shape index (κ1) is 12.1. The summed E-state index contributed by atoms with van der Waals surface area (Å²) in [6.07, 6.45) is 1.51. The summed E-state index contributed by atoms with van der Waals surface area (Å²) in [6, 6.07) is 4.86. The molecule has 1 aromatic heterocycles. The molecule has 17 heavy (non-hydrogen) atoms. The van der Waals surface area contributed by atoms with Crippen molar-refractivity contribution in [3.05, 3.63) is 44.7 Å². The van der Waals surface area contributed by atoms with Crippen LogP contribution in [0, 0.1) is 17.0 Å². The smallest absolute Gasteiger partial charge is 0.284 e. The van der Waals surface area contributed by atoms with Crippen LogP contribution in [0.1, 0.15) is 5.69 Å². The zero-order chi connectivity index (χ0) is 12.4. The van der Waals surface area contributed by atoms with Gasteiger partial charge >= 0.3 is 0 Å². The molecule has 5 nitrogen and oxygen atoms in total. The number of halogens is 1. The predicted molar refractivity (Wildman–Crippen MR) is 66.2 cm³/mol. The fraction of sp³-hybridized carbons (Fsp3) is 0.100. The Bertz CT molecular complexity index is 570.